The average Bonchev–Trinajstić information content (AvgIpc) is 3.40. The highest BCUT2D eigenvalue weighted by Gasteiger charge is 2.29. The third kappa shape index (κ3) is 4.49. The van der Waals surface area contributed by atoms with Crippen molar-refractivity contribution in [1.82, 2.24) is 0 Å². The number of ether oxygens (including phenoxy) is 1. The van der Waals surface area contributed by atoms with Gasteiger partial charge < -0.3 is 19.8 Å². The lowest BCUT2D eigenvalue weighted by atomic mass is 9.93. The number of aliphatic carboxylic acids is 1. The molecular weight excluding hydrogens is 486 g/mol. The molecule has 2 N–H and O–H groups in total. The molecule has 2 heterocycles. The van der Waals surface area contributed by atoms with Crippen molar-refractivity contribution in [3.63, 3.8) is 0 Å². The van der Waals surface area contributed by atoms with Crippen molar-refractivity contribution in [3.8, 4) is 5.75 Å². The maximum absolute atomic E-state index is 13.6. The summed E-state index contributed by atoms with van der Waals surface area (Å²) >= 11 is 2.43. The van der Waals surface area contributed by atoms with Crippen LogP contribution in [0.25, 0.3) is 19.5 Å². The molecule has 9 heteroatoms. The Morgan fingerprint density at radius 1 is 0.943 bits per heavy atom. The highest BCUT2D eigenvalue weighted by atomic mass is 32.1. The molecule has 0 aliphatic heterocycles. The Morgan fingerprint density at radius 3 is 2.37 bits per heavy atom. The van der Waals surface area contributed by atoms with Crippen molar-refractivity contribution < 1.29 is 29.3 Å². The number of thiophene rings is 2. The topological polar surface area (TPSA) is 104 Å². The van der Waals surface area contributed by atoms with Crippen LogP contribution in [0, 0.1) is 0 Å². The van der Waals surface area contributed by atoms with Gasteiger partial charge in [-0.25, -0.2) is 9.59 Å². The lowest BCUT2D eigenvalue weighted by Crippen LogP contribution is -2.41. The molecule has 180 valence electrons. The normalized spacial score (nSPS) is 14.3. The standard InChI is InChI=1S/C26H23NO6S2/c28-20(29)14-33-21-23-22(35-24(21)26(31)32)18-12-11-17(13-19(18)34-23)27(16-9-5-2-6-10-16)25(30)15-7-3-1-4-8-15/h1,3-4,7-8,11-13,16H,2,5-6,9-10,14H2,(H,28,29)(H,31,32). The van der Waals surface area contributed by atoms with Crippen molar-refractivity contribution in [2.45, 2.75) is 38.1 Å². The number of nitrogens with zero attached hydrogens (tertiary/aromatic N) is 1. The van der Waals surface area contributed by atoms with E-state index in [1.54, 1.807) is 0 Å². The smallest absolute Gasteiger partial charge is 0.349 e. The number of aromatic carboxylic acids is 1. The van der Waals surface area contributed by atoms with Crippen LogP contribution in [0.1, 0.15) is 52.1 Å². The van der Waals surface area contributed by atoms with Gasteiger partial charge in [0.1, 0.15) is 0 Å². The van der Waals surface area contributed by atoms with Crippen molar-refractivity contribution in [2.75, 3.05) is 11.5 Å². The van der Waals surface area contributed by atoms with Crippen LogP contribution >= 0.6 is 22.7 Å². The van der Waals surface area contributed by atoms with E-state index in [-0.39, 0.29) is 22.6 Å². The third-order valence-electron chi connectivity index (χ3n) is 6.24. The molecule has 5 rings (SSSR count). The molecule has 4 aromatic rings. The summed E-state index contributed by atoms with van der Waals surface area (Å²) in [6.45, 7) is -0.618. The largest absolute Gasteiger partial charge is 0.479 e. The maximum atomic E-state index is 13.6. The Hall–Kier alpha value is -3.43. The lowest BCUT2D eigenvalue weighted by molar-refractivity contribution is -0.139. The number of rotatable bonds is 7. The van der Waals surface area contributed by atoms with Crippen LogP contribution in [0.4, 0.5) is 5.69 Å². The molecule has 7 nitrogen and oxygen atoms in total. The second-order valence-electron chi connectivity index (χ2n) is 8.52. The molecule has 0 radical (unpaired) electrons. The van der Waals surface area contributed by atoms with Gasteiger partial charge in [-0.3, -0.25) is 4.79 Å². The number of carboxylic acid groups (broad SMARTS) is 2. The van der Waals surface area contributed by atoms with Crippen LogP contribution in [0.3, 0.4) is 0 Å². The van der Waals surface area contributed by atoms with E-state index >= 15 is 0 Å². The second-order valence-corrected chi connectivity index (χ2v) is 10.6. The second kappa shape index (κ2) is 9.67. The number of hydrogen-bond acceptors (Lipinski definition) is 6. The molecule has 1 amide bonds. The average molecular weight is 510 g/mol. The fourth-order valence-corrected chi connectivity index (χ4v) is 7.21. The quantitative estimate of drug-likeness (QED) is 0.305. The summed E-state index contributed by atoms with van der Waals surface area (Å²) in [4.78, 5) is 38.3. The Morgan fingerprint density at radius 2 is 1.69 bits per heavy atom. The van der Waals surface area contributed by atoms with E-state index in [0.29, 0.717) is 10.3 Å². The zero-order valence-electron chi connectivity index (χ0n) is 18.7. The van der Waals surface area contributed by atoms with E-state index in [0.717, 1.165) is 57.5 Å². The van der Waals surface area contributed by atoms with E-state index < -0.39 is 18.5 Å². The molecule has 1 saturated carbocycles. The van der Waals surface area contributed by atoms with Crippen LogP contribution in [0.2, 0.25) is 0 Å². The molecule has 35 heavy (non-hydrogen) atoms. The number of hydrogen-bond donors (Lipinski definition) is 2. The van der Waals surface area contributed by atoms with Crippen molar-refractivity contribution in [2.24, 2.45) is 0 Å². The molecule has 2 aromatic heterocycles. The molecule has 1 aliphatic rings. The van der Waals surface area contributed by atoms with Gasteiger partial charge in [0.15, 0.2) is 17.2 Å². The lowest BCUT2D eigenvalue weighted by Gasteiger charge is -2.34. The van der Waals surface area contributed by atoms with Gasteiger partial charge in [-0.05, 0) is 37.1 Å². The predicted octanol–water partition coefficient (Wildman–Crippen LogP) is 6.26. The van der Waals surface area contributed by atoms with Crippen LogP contribution in [0.5, 0.6) is 5.75 Å². The van der Waals surface area contributed by atoms with Gasteiger partial charge in [-0.1, -0.05) is 43.5 Å². The maximum Gasteiger partial charge on any atom is 0.349 e. The monoisotopic (exact) mass is 509 g/mol. The van der Waals surface area contributed by atoms with Crippen LogP contribution < -0.4 is 9.64 Å². The summed E-state index contributed by atoms with van der Waals surface area (Å²) in [5, 5.41) is 19.5. The summed E-state index contributed by atoms with van der Waals surface area (Å²) in [5.41, 5.74) is 1.44. The third-order valence-corrected chi connectivity index (χ3v) is 8.71. The SMILES string of the molecule is O=C(O)COc1c(C(=O)O)sc2c1sc1cc(N(C(=O)c3ccccc3)C3CCCCC3)ccc12. The number of amides is 1. The van der Waals surface area contributed by atoms with E-state index in [2.05, 4.69) is 0 Å². The van der Waals surface area contributed by atoms with Crippen LogP contribution in [-0.2, 0) is 4.79 Å². The van der Waals surface area contributed by atoms with E-state index in [1.807, 2.05) is 53.4 Å². The minimum Gasteiger partial charge on any atom is -0.479 e. The Balaban J connectivity index is 1.60. The minimum absolute atomic E-state index is 0.0124. The van der Waals surface area contributed by atoms with Gasteiger partial charge in [0.05, 0.1) is 9.40 Å². The zero-order chi connectivity index (χ0) is 24.5. The van der Waals surface area contributed by atoms with Gasteiger partial charge in [-0.2, -0.15) is 0 Å². The van der Waals surface area contributed by atoms with Gasteiger partial charge in [0.2, 0.25) is 0 Å². The van der Waals surface area contributed by atoms with Crippen LogP contribution in [0.15, 0.2) is 48.5 Å². The van der Waals surface area contributed by atoms with Crippen molar-refractivity contribution in [1.29, 1.82) is 0 Å². The molecule has 2 aromatic carbocycles. The molecule has 1 aliphatic carbocycles. The minimum atomic E-state index is -1.17. The summed E-state index contributed by atoms with van der Waals surface area (Å²) in [7, 11) is 0. The fourth-order valence-electron chi connectivity index (χ4n) is 4.67. The molecular formula is C26H23NO6S2. The molecule has 0 atom stereocenters. The van der Waals surface area contributed by atoms with Gasteiger partial charge >= 0.3 is 11.9 Å². The van der Waals surface area contributed by atoms with E-state index in [9.17, 15) is 19.5 Å². The van der Waals surface area contributed by atoms with Crippen molar-refractivity contribution in [3.05, 3.63) is 59.0 Å². The number of carbonyl (C=O) groups is 3. The first-order valence-corrected chi connectivity index (χ1v) is 13.0. The van der Waals surface area contributed by atoms with E-state index in [4.69, 9.17) is 9.84 Å². The Bertz CT molecular complexity index is 1420. The number of carboxylic acids is 2. The summed E-state index contributed by atoms with van der Waals surface area (Å²) < 4.78 is 7.63. The van der Waals surface area contributed by atoms with Gasteiger partial charge in [0.25, 0.3) is 5.91 Å². The Kier molecular flexibility index (Phi) is 6.44. The Labute approximate surface area is 209 Å². The molecule has 0 spiro atoms. The predicted molar refractivity (Wildman–Crippen MR) is 137 cm³/mol. The summed E-state index contributed by atoms with van der Waals surface area (Å²) in [6, 6.07) is 15.2. The number of anilines is 1. The molecule has 0 saturated heterocycles. The highest BCUT2D eigenvalue weighted by molar-refractivity contribution is 7.34. The van der Waals surface area contributed by atoms with E-state index in [1.165, 1.54) is 17.8 Å². The number of carbonyl (C=O) groups excluding carboxylic acids is 1. The first-order chi connectivity index (χ1) is 16.9. The summed E-state index contributed by atoms with van der Waals surface area (Å²) in [6.07, 6.45) is 5.25. The van der Waals surface area contributed by atoms with Gasteiger partial charge in [0, 0.05) is 27.4 Å². The molecule has 1 fully saturated rings. The zero-order valence-corrected chi connectivity index (χ0v) is 20.4. The fraction of sp³-hybridized carbons (Fsp3) is 0.269. The number of benzene rings is 2. The van der Waals surface area contributed by atoms with Crippen molar-refractivity contribution >= 4 is 65.7 Å². The molecule has 0 unspecified atom stereocenters. The molecule has 0 bridgehead atoms. The summed E-state index contributed by atoms with van der Waals surface area (Å²) in [5.74, 6) is -2.27. The first kappa shape index (κ1) is 23.3. The highest BCUT2D eigenvalue weighted by Crippen LogP contribution is 2.48. The van der Waals surface area contributed by atoms with Crippen LogP contribution in [-0.4, -0.2) is 40.7 Å². The first-order valence-electron chi connectivity index (χ1n) is 11.4. The van der Waals surface area contributed by atoms with Gasteiger partial charge in [-0.15, -0.1) is 22.7 Å². The number of fused-ring (bicyclic) bond motifs is 3.